The van der Waals surface area contributed by atoms with E-state index in [4.69, 9.17) is 0 Å². The lowest BCUT2D eigenvalue weighted by Crippen LogP contribution is -2.51. The van der Waals surface area contributed by atoms with Gasteiger partial charge in [0.2, 0.25) is 0 Å². The zero-order valence-electron chi connectivity index (χ0n) is 9.06. The molecule has 82 valence electrons. The number of aliphatic hydroxyl groups is 1. The predicted octanol–water partition coefficient (Wildman–Crippen LogP) is 0.366. The fraction of sp³-hybridized carbons (Fsp3) is 0.500. The SMILES string of the molecule is CC(O)C(C)(C)NC(=O)c1cnccn1. The van der Waals surface area contributed by atoms with E-state index < -0.39 is 11.6 Å². The van der Waals surface area contributed by atoms with Gasteiger partial charge >= 0.3 is 0 Å². The summed E-state index contributed by atoms with van der Waals surface area (Å²) in [7, 11) is 0. The first-order valence-electron chi connectivity index (χ1n) is 4.70. The van der Waals surface area contributed by atoms with Gasteiger partial charge in [0.1, 0.15) is 5.69 Å². The Kier molecular flexibility index (Phi) is 3.36. The maximum atomic E-state index is 11.6. The summed E-state index contributed by atoms with van der Waals surface area (Å²) in [6.07, 6.45) is 3.69. The van der Waals surface area contributed by atoms with Crippen LogP contribution in [0.15, 0.2) is 18.6 Å². The molecule has 1 rings (SSSR count). The molecule has 0 fully saturated rings. The van der Waals surface area contributed by atoms with E-state index in [0.717, 1.165) is 0 Å². The van der Waals surface area contributed by atoms with Crippen LogP contribution in [0.25, 0.3) is 0 Å². The average Bonchev–Trinajstić information content (AvgIpc) is 2.18. The van der Waals surface area contributed by atoms with E-state index in [1.54, 1.807) is 20.8 Å². The van der Waals surface area contributed by atoms with Crippen LogP contribution in [0.3, 0.4) is 0 Å². The number of hydrogen-bond donors (Lipinski definition) is 2. The Morgan fingerprint density at radius 1 is 1.53 bits per heavy atom. The van der Waals surface area contributed by atoms with Crippen molar-refractivity contribution in [3.63, 3.8) is 0 Å². The van der Waals surface area contributed by atoms with Crippen LogP contribution in [-0.4, -0.2) is 32.6 Å². The first kappa shape index (κ1) is 11.6. The van der Waals surface area contributed by atoms with E-state index in [0.29, 0.717) is 0 Å². The van der Waals surface area contributed by atoms with Crippen LogP contribution < -0.4 is 5.32 Å². The van der Waals surface area contributed by atoms with Gasteiger partial charge in [-0.25, -0.2) is 4.98 Å². The fourth-order valence-electron chi connectivity index (χ4n) is 0.877. The molecule has 1 aromatic rings. The minimum Gasteiger partial charge on any atom is -0.391 e. The van der Waals surface area contributed by atoms with Gasteiger partial charge in [0, 0.05) is 12.4 Å². The number of carbonyl (C=O) groups is 1. The molecule has 0 aliphatic heterocycles. The van der Waals surface area contributed by atoms with Gasteiger partial charge in [-0.2, -0.15) is 0 Å². The fourth-order valence-corrected chi connectivity index (χ4v) is 0.877. The summed E-state index contributed by atoms with van der Waals surface area (Å²) in [5.74, 6) is -0.339. The van der Waals surface area contributed by atoms with E-state index in [2.05, 4.69) is 15.3 Å². The molecule has 0 aliphatic rings. The number of hydrogen-bond acceptors (Lipinski definition) is 4. The van der Waals surface area contributed by atoms with Crippen molar-refractivity contribution in [2.24, 2.45) is 0 Å². The van der Waals surface area contributed by atoms with Crippen LogP contribution in [0.2, 0.25) is 0 Å². The lowest BCUT2D eigenvalue weighted by molar-refractivity contribution is 0.0705. The quantitative estimate of drug-likeness (QED) is 0.754. The molecular formula is C10H15N3O2. The molecule has 15 heavy (non-hydrogen) atoms. The maximum absolute atomic E-state index is 11.6. The van der Waals surface area contributed by atoms with Crippen LogP contribution in [0.4, 0.5) is 0 Å². The third kappa shape index (κ3) is 2.99. The van der Waals surface area contributed by atoms with E-state index in [9.17, 15) is 9.90 Å². The maximum Gasteiger partial charge on any atom is 0.271 e. The number of nitrogens with one attached hydrogen (secondary N) is 1. The monoisotopic (exact) mass is 209 g/mol. The van der Waals surface area contributed by atoms with Crippen molar-refractivity contribution in [2.75, 3.05) is 0 Å². The standard InChI is InChI=1S/C10H15N3O2/c1-7(14)10(2,3)13-9(15)8-6-11-4-5-12-8/h4-7,14H,1-3H3,(H,13,15). The van der Waals surface area contributed by atoms with Crippen molar-refractivity contribution in [1.29, 1.82) is 0 Å². The second-order valence-electron chi connectivity index (χ2n) is 3.94. The molecule has 2 N–H and O–H groups in total. The zero-order valence-corrected chi connectivity index (χ0v) is 9.06. The molecule has 1 atom stereocenters. The van der Waals surface area contributed by atoms with Crippen LogP contribution in [0.5, 0.6) is 0 Å². The molecule has 1 unspecified atom stereocenters. The summed E-state index contributed by atoms with van der Waals surface area (Å²) in [6.45, 7) is 5.11. The van der Waals surface area contributed by atoms with Crippen molar-refractivity contribution in [3.8, 4) is 0 Å². The van der Waals surface area contributed by atoms with E-state index in [1.165, 1.54) is 18.6 Å². The molecule has 1 heterocycles. The van der Waals surface area contributed by atoms with Crippen LogP contribution in [-0.2, 0) is 0 Å². The van der Waals surface area contributed by atoms with E-state index >= 15 is 0 Å². The summed E-state index contributed by atoms with van der Waals surface area (Å²) in [5.41, 5.74) is -0.444. The minimum atomic E-state index is -0.686. The van der Waals surface area contributed by atoms with Gasteiger partial charge in [-0.15, -0.1) is 0 Å². The number of amides is 1. The summed E-state index contributed by atoms with van der Waals surface area (Å²) in [5, 5.41) is 12.1. The lowest BCUT2D eigenvalue weighted by Gasteiger charge is -2.28. The largest absolute Gasteiger partial charge is 0.391 e. The Bertz CT molecular complexity index is 336. The van der Waals surface area contributed by atoms with Gasteiger partial charge in [0.05, 0.1) is 17.8 Å². The highest BCUT2D eigenvalue weighted by atomic mass is 16.3. The summed E-state index contributed by atoms with van der Waals surface area (Å²) in [4.78, 5) is 19.3. The second-order valence-corrected chi connectivity index (χ2v) is 3.94. The number of aliphatic hydroxyl groups excluding tert-OH is 1. The average molecular weight is 209 g/mol. The Hall–Kier alpha value is -1.49. The van der Waals surface area contributed by atoms with E-state index in [1.807, 2.05) is 0 Å². The third-order valence-electron chi connectivity index (χ3n) is 2.28. The van der Waals surface area contributed by atoms with Gasteiger partial charge in [-0.3, -0.25) is 9.78 Å². The highest BCUT2D eigenvalue weighted by Crippen LogP contribution is 2.09. The third-order valence-corrected chi connectivity index (χ3v) is 2.28. The second kappa shape index (κ2) is 4.35. The van der Waals surface area contributed by atoms with Crippen molar-refractivity contribution >= 4 is 5.91 Å². The van der Waals surface area contributed by atoms with Crippen molar-refractivity contribution < 1.29 is 9.90 Å². The normalized spacial score (nSPS) is 13.3. The summed E-state index contributed by atoms with van der Waals surface area (Å²) in [6, 6.07) is 0. The Balaban J connectivity index is 2.73. The molecular weight excluding hydrogens is 194 g/mol. The molecule has 0 bridgehead atoms. The first-order chi connectivity index (χ1) is 6.93. The van der Waals surface area contributed by atoms with Crippen molar-refractivity contribution in [2.45, 2.75) is 32.4 Å². The first-order valence-corrected chi connectivity index (χ1v) is 4.70. The topological polar surface area (TPSA) is 75.1 Å². The summed E-state index contributed by atoms with van der Waals surface area (Å²) >= 11 is 0. The smallest absolute Gasteiger partial charge is 0.271 e. The number of nitrogens with zero attached hydrogens (tertiary/aromatic N) is 2. The molecule has 1 amide bonds. The van der Waals surface area contributed by atoms with Crippen LogP contribution >= 0.6 is 0 Å². The molecule has 0 saturated heterocycles. The Morgan fingerprint density at radius 2 is 2.20 bits per heavy atom. The molecule has 0 aromatic carbocycles. The molecule has 0 radical (unpaired) electrons. The zero-order chi connectivity index (χ0) is 11.5. The van der Waals surface area contributed by atoms with Gasteiger partial charge in [0.15, 0.2) is 0 Å². The van der Waals surface area contributed by atoms with Gasteiger partial charge in [-0.1, -0.05) is 0 Å². The molecule has 1 aromatic heterocycles. The number of aromatic nitrogens is 2. The molecule has 5 heteroatoms. The Morgan fingerprint density at radius 3 is 2.67 bits per heavy atom. The number of carbonyl (C=O) groups excluding carboxylic acids is 1. The van der Waals surface area contributed by atoms with Crippen molar-refractivity contribution in [1.82, 2.24) is 15.3 Å². The van der Waals surface area contributed by atoms with Crippen LogP contribution in [0, 0.1) is 0 Å². The highest BCUT2D eigenvalue weighted by Gasteiger charge is 2.26. The minimum absolute atomic E-state index is 0.242. The molecule has 5 nitrogen and oxygen atoms in total. The van der Waals surface area contributed by atoms with E-state index in [-0.39, 0.29) is 11.6 Å². The lowest BCUT2D eigenvalue weighted by atomic mass is 9.99. The molecule has 0 saturated carbocycles. The van der Waals surface area contributed by atoms with Gasteiger partial charge < -0.3 is 10.4 Å². The predicted molar refractivity (Wildman–Crippen MR) is 55.3 cm³/mol. The van der Waals surface area contributed by atoms with Crippen molar-refractivity contribution in [3.05, 3.63) is 24.3 Å². The molecule has 0 aliphatic carbocycles. The van der Waals surface area contributed by atoms with Crippen LogP contribution in [0.1, 0.15) is 31.3 Å². The van der Waals surface area contributed by atoms with Gasteiger partial charge in [-0.05, 0) is 20.8 Å². The Labute approximate surface area is 88.6 Å². The molecule has 0 spiro atoms. The van der Waals surface area contributed by atoms with Gasteiger partial charge in [0.25, 0.3) is 5.91 Å². The number of rotatable bonds is 3. The highest BCUT2D eigenvalue weighted by molar-refractivity contribution is 5.92. The summed E-state index contributed by atoms with van der Waals surface area (Å²) < 4.78 is 0.